The molecule has 1 aliphatic heterocycles. The highest BCUT2D eigenvalue weighted by Gasteiger charge is 2.41. The van der Waals surface area contributed by atoms with Crippen molar-refractivity contribution in [3.63, 3.8) is 0 Å². The Hall–Kier alpha value is -3.26. The van der Waals surface area contributed by atoms with Crippen LogP contribution in [0.25, 0.3) is 6.08 Å². The summed E-state index contributed by atoms with van der Waals surface area (Å²) in [6.45, 7) is 4.14. The van der Waals surface area contributed by atoms with Crippen LogP contribution in [-0.4, -0.2) is 41.9 Å². The molecule has 4 rings (SSSR count). The van der Waals surface area contributed by atoms with E-state index < -0.39 is 6.16 Å². The van der Waals surface area contributed by atoms with Gasteiger partial charge in [0.15, 0.2) is 16.7 Å². The van der Waals surface area contributed by atoms with E-state index in [0.29, 0.717) is 21.7 Å². The van der Waals surface area contributed by atoms with Crippen LogP contribution < -0.4 is 9.47 Å². The lowest BCUT2D eigenvalue weighted by molar-refractivity contribution is -0.124. The summed E-state index contributed by atoms with van der Waals surface area (Å²) >= 11 is 1.39. The summed E-state index contributed by atoms with van der Waals surface area (Å²) in [7, 11) is 1.50. The third-order valence-corrected chi connectivity index (χ3v) is 7.14. The van der Waals surface area contributed by atoms with Crippen LogP contribution in [0.4, 0.5) is 10.5 Å². The molecule has 1 saturated carbocycles. The zero-order valence-electron chi connectivity index (χ0n) is 20.2. The molecular formula is C27H30N2O5S. The highest BCUT2D eigenvalue weighted by Crippen LogP contribution is 2.40. The molecule has 0 aromatic heterocycles. The number of carbonyl (C=O) groups is 2. The van der Waals surface area contributed by atoms with Crippen LogP contribution in [0.3, 0.4) is 0 Å². The van der Waals surface area contributed by atoms with Gasteiger partial charge in [0.25, 0.3) is 5.91 Å². The lowest BCUT2D eigenvalue weighted by Gasteiger charge is -2.35. The maximum atomic E-state index is 13.6. The maximum absolute atomic E-state index is 13.6. The molecule has 184 valence electrons. The van der Waals surface area contributed by atoms with Crippen molar-refractivity contribution in [1.82, 2.24) is 4.90 Å². The Bertz CT molecular complexity index is 1130. The summed E-state index contributed by atoms with van der Waals surface area (Å²) < 4.78 is 15.4. The molecule has 7 nitrogen and oxygen atoms in total. The minimum Gasteiger partial charge on any atom is -0.493 e. The van der Waals surface area contributed by atoms with Crippen LogP contribution in [0.2, 0.25) is 0 Å². The van der Waals surface area contributed by atoms with Gasteiger partial charge in [-0.15, -0.1) is 0 Å². The van der Waals surface area contributed by atoms with Gasteiger partial charge >= 0.3 is 6.16 Å². The number of carbonyl (C=O) groups excluding carboxylic acids is 2. The normalized spacial score (nSPS) is 22.5. The average molecular weight is 495 g/mol. The van der Waals surface area contributed by atoms with Crippen molar-refractivity contribution in [2.24, 2.45) is 10.9 Å². The molecule has 35 heavy (non-hydrogen) atoms. The molecule has 1 heterocycles. The van der Waals surface area contributed by atoms with Gasteiger partial charge in [-0.3, -0.25) is 9.69 Å². The third kappa shape index (κ3) is 5.88. The molecule has 2 fully saturated rings. The Kier molecular flexibility index (Phi) is 8.13. The Morgan fingerprint density at radius 1 is 1.14 bits per heavy atom. The monoisotopic (exact) mass is 494 g/mol. The van der Waals surface area contributed by atoms with E-state index in [0.717, 1.165) is 30.5 Å². The number of hydrogen-bond donors (Lipinski definition) is 0. The Balaban J connectivity index is 1.65. The van der Waals surface area contributed by atoms with Gasteiger partial charge in [0.2, 0.25) is 0 Å². The van der Waals surface area contributed by atoms with Crippen molar-refractivity contribution >= 4 is 40.8 Å². The quantitative estimate of drug-likeness (QED) is 0.262. The lowest BCUT2D eigenvalue weighted by Crippen LogP contribution is -2.44. The first-order valence-corrected chi connectivity index (χ1v) is 12.7. The van der Waals surface area contributed by atoms with Crippen LogP contribution in [0.1, 0.15) is 45.1 Å². The molecule has 1 amide bonds. The number of nitrogens with zero attached hydrogens (tertiary/aromatic N) is 2. The molecule has 8 heteroatoms. The Labute approximate surface area is 210 Å². The van der Waals surface area contributed by atoms with Gasteiger partial charge in [-0.1, -0.05) is 44.0 Å². The second-order valence-electron chi connectivity index (χ2n) is 8.54. The van der Waals surface area contributed by atoms with Crippen LogP contribution in [0.5, 0.6) is 11.5 Å². The Morgan fingerprint density at radius 3 is 2.63 bits per heavy atom. The summed E-state index contributed by atoms with van der Waals surface area (Å²) in [6.07, 6.45) is 5.43. The number of methoxy groups -OCH3 is 1. The van der Waals surface area contributed by atoms with E-state index in [1.54, 1.807) is 25.1 Å². The molecule has 2 atom stereocenters. The maximum Gasteiger partial charge on any atom is 0.513 e. The number of thioether (sulfide) groups is 1. The van der Waals surface area contributed by atoms with Crippen molar-refractivity contribution < 1.29 is 23.8 Å². The van der Waals surface area contributed by atoms with Crippen molar-refractivity contribution in [2.45, 2.75) is 45.6 Å². The number of benzene rings is 2. The van der Waals surface area contributed by atoms with E-state index in [-0.39, 0.29) is 24.3 Å². The molecule has 1 saturated heterocycles. The van der Waals surface area contributed by atoms with Crippen molar-refractivity contribution in [2.75, 3.05) is 13.7 Å². The summed E-state index contributed by atoms with van der Waals surface area (Å²) in [5, 5.41) is 0.709. The molecular weight excluding hydrogens is 464 g/mol. The summed E-state index contributed by atoms with van der Waals surface area (Å²) in [5.41, 5.74) is 1.58. The number of para-hydroxylation sites is 1. The number of aliphatic imine (C=N–C) groups is 1. The fraction of sp³-hybridized carbons (Fsp3) is 0.370. The second kappa shape index (κ2) is 11.4. The van der Waals surface area contributed by atoms with Crippen molar-refractivity contribution in [3.8, 4) is 11.5 Å². The first-order valence-electron chi connectivity index (χ1n) is 11.9. The Morgan fingerprint density at radius 2 is 1.91 bits per heavy atom. The zero-order chi connectivity index (χ0) is 24.8. The summed E-state index contributed by atoms with van der Waals surface area (Å²) in [5.74, 6) is 1.00. The number of amides is 1. The molecule has 1 aliphatic carbocycles. The molecule has 0 radical (unpaired) electrons. The molecule has 0 spiro atoms. The second-order valence-corrected chi connectivity index (χ2v) is 9.55. The SMILES string of the molecule is CCOC(=O)Oc1ccc(/C=C2\SC(=Nc3ccccc3)N([C@@H]3CCCC[C@H]3C)C2=O)cc1OC. The molecule has 2 aromatic carbocycles. The number of rotatable bonds is 6. The number of hydrogen-bond acceptors (Lipinski definition) is 7. The van der Waals surface area contributed by atoms with Gasteiger partial charge in [0.1, 0.15) is 0 Å². The van der Waals surface area contributed by atoms with E-state index in [1.807, 2.05) is 41.3 Å². The highest BCUT2D eigenvalue weighted by molar-refractivity contribution is 8.18. The van der Waals surface area contributed by atoms with Crippen molar-refractivity contribution in [3.05, 3.63) is 59.0 Å². The van der Waals surface area contributed by atoms with E-state index in [1.165, 1.54) is 25.3 Å². The van der Waals surface area contributed by atoms with Crippen LogP contribution in [0, 0.1) is 5.92 Å². The topological polar surface area (TPSA) is 77.4 Å². The molecule has 0 N–H and O–H groups in total. The van der Waals surface area contributed by atoms with Gasteiger partial charge < -0.3 is 14.2 Å². The van der Waals surface area contributed by atoms with Crippen LogP contribution >= 0.6 is 11.8 Å². The number of ether oxygens (including phenoxy) is 3. The van der Waals surface area contributed by atoms with E-state index in [4.69, 9.17) is 19.2 Å². The van der Waals surface area contributed by atoms with E-state index in [2.05, 4.69) is 6.92 Å². The predicted octanol–water partition coefficient (Wildman–Crippen LogP) is 6.41. The summed E-state index contributed by atoms with van der Waals surface area (Å²) in [6, 6.07) is 15.0. The van der Waals surface area contributed by atoms with E-state index >= 15 is 0 Å². The fourth-order valence-electron chi connectivity index (χ4n) is 4.40. The van der Waals surface area contributed by atoms with Gasteiger partial charge in [-0.2, -0.15) is 0 Å². The summed E-state index contributed by atoms with van der Waals surface area (Å²) in [4.78, 5) is 32.7. The highest BCUT2D eigenvalue weighted by atomic mass is 32.2. The number of amidine groups is 1. The first-order chi connectivity index (χ1) is 17.0. The smallest absolute Gasteiger partial charge is 0.493 e. The van der Waals surface area contributed by atoms with Crippen molar-refractivity contribution in [1.29, 1.82) is 0 Å². The molecule has 0 bridgehead atoms. The molecule has 2 aliphatic rings. The van der Waals surface area contributed by atoms with Gasteiger partial charge in [-0.25, -0.2) is 9.79 Å². The van der Waals surface area contributed by atoms with Gasteiger partial charge in [-0.05, 0) is 73.4 Å². The average Bonchev–Trinajstić information content (AvgIpc) is 3.15. The largest absolute Gasteiger partial charge is 0.513 e. The van der Waals surface area contributed by atoms with Gasteiger partial charge in [0.05, 0.1) is 24.3 Å². The first kappa shape index (κ1) is 24.9. The fourth-order valence-corrected chi connectivity index (χ4v) is 5.44. The lowest BCUT2D eigenvalue weighted by atomic mass is 9.85. The van der Waals surface area contributed by atoms with Crippen LogP contribution in [-0.2, 0) is 9.53 Å². The predicted molar refractivity (Wildman–Crippen MR) is 138 cm³/mol. The van der Waals surface area contributed by atoms with E-state index in [9.17, 15) is 9.59 Å². The standard InChI is InChI=1S/C27H30N2O5S/c1-4-33-27(31)34-22-15-14-19(16-23(22)32-3)17-24-25(30)29(21-13-9-8-10-18(21)2)26(35-24)28-20-11-6-5-7-12-20/h5-7,11-12,14-18,21H,4,8-10,13H2,1-3H3/b24-17-,28-26?/t18-,21-/m1/s1. The minimum atomic E-state index is -0.794. The molecule has 2 aromatic rings. The zero-order valence-corrected chi connectivity index (χ0v) is 21.0. The molecule has 0 unspecified atom stereocenters. The van der Waals surface area contributed by atoms with Gasteiger partial charge in [0, 0.05) is 6.04 Å². The van der Waals surface area contributed by atoms with Crippen LogP contribution in [0.15, 0.2) is 58.4 Å². The minimum absolute atomic E-state index is 0.0331. The third-order valence-electron chi connectivity index (χ3n) is 6.16.